The van der Waals surface area contributed by atoms with Crippen LogP contribution in [0.1, 0.15) is 47.5 Å². The fourth-order valence-electron chi connectivity index (χ4n) is 3.29. The molecule has 2 aromatic heterocycles. The lowest BCUT2D eigenvalue weighted by Crippen LogP contribution is -2.36. The van der Waals surface area contributed by atoms with Crippen molar-refractivity contribution in [3.8, 4) is 0 Å². The number of aromatic nitrogens is 5. The molecule has 0 aromatic carbocycles. The van der Waals surface area contributed by atoms with Crippen LogP contribution in [0.15, 0.2) is 6.20 Å². The summed E-state index contributed by atoms with van der Waals surface area (Å²) in [6.45, 7) is 7.78. The van der Waals surface area contributed by atoms with Gasteiger partial charge in [-0.1, -0.05) is 12.1 Å². The van der Waals surface area contributed by atoms with Gasteiger partial charge in [0.1, 0.15) is 5.82 Å². The summed E-state index contributed by atoms with van der Waals surface area (Å²) in [4.78, 5) is 21.3. The molecule has 0 aliphatic carbocycles. The van der Waals surface area contributed by atoms with Gasteiger partial charge in [0.2, 0.25) is 0 Å². The maximum absolute atomic E-state index is 10.9. The summed E-state index contributed by atoms with van der Waals surface area (Å²) in [7, 11) is 0. The first-order valence-corrected chi connectivity index (χ1v) is 8.45. The summed E-state index contributed by atoms with van der Waals surface area (Å²) in [5.74, 6) is 0.458. The van der Waals surface area contributed by atoms with Crippen LogP contribution < -0.4 is 0 Å². The molecule has 3 rings (SSSR count). The van der Waals surface area contributed by atoms with E-state index in [0.717, 1.165) is 56.1 Å². The highest BCUT2D eigenvalue weighted by Crippen LogP contribution is 2.20. The molecule has 1 unspecified atom stereocenters. The van der Waals surface area contributed by atoms with Gasteiger partial charge in [0.25, 0.3) is 0 Å². The second kappa shape index (κ2) is 7.12. The summed E-state index contributed by atoms with van der Waals surface area (Å²) in [5, 5.41) is 16.5. The van der Waals surface area contributed by atoms with Gasteiger partial charge >= 0.3 is 5.97 Å². The minimum absolute atomic E-state index is 0.00177. The predicted octanol–water partition coefficient (Wildman–Crippen LogP) is 1.48. The van der Waals surface area contributed by atoms with E-state index >= 15 is 0 Å². The second-order valence-electron chi connectivity index (χ2n) is 6.48. The molecule has 1 aliphatic rings. The largest absolute Gasteiger partial charge is 0.476 e. The summed E-state index contributed by atoms with van der Waals surface area (Å²) in [5.41, 5.74) is 2.28. The molecule has 8 nitrogen and oxygen atoms in total. The van der Waals surface area contributed by atoms with Crippen molar-refractivity contribution in [1.29, 1.82) is 0 Å². The maximum Gasteiger partial charge on any atom is 0.358 e. The molecule has 1 atom stereocenters. The minimum atomic E-state index is -1.03. The van der Waals surface area contributed by atoms with Gasteiger partial charge in [0.15, 0.2) is 5.69 Å². The van der Waals surface area contributed by atoms with Crippen molar-refractivity contribution >= 4 is 5.97 Å². The number of aromatic amines is 1. The highest BCUT2D eigenvalue weighted by atomic mass is 16.4. The number of nitrogens with one attached hydrogen (secondary N) is 1. The Morgan fingerprint density at radius 1 is 1.50 bits per heavy atom. The number of aryl methyl sites for hydroxylation is 2. The number of piperidine rings is 1. The fourth-order valence-corrected chi connectivity index (χ4v) is 3.29. The SMILES string of the molecule is CCc1nc(CN2CCCC(Cn3cc(C(=O)O)nn3)C2)c(C)[nH]1. The third-order valence-electron chi connectivity index (χ3n) is 4.55. The summed E-state index contributed by atoms with van der Waals surface area (Å²) in [6.07, 6.45) is 4.68. The molecule has 8 heteroatoms. The summed E-state index contributed by atoms with van der Waals surface area (Å²) >= 11 is 0. The van der Waals surface area contributed by atoms with E-state index in [4.69, 9.17) is 5.11 Å². The normalized spacial score (nSPS) is 18.8. The van der Waals surface area contributed by atoms with Gasteiger partial charge in [-0.05, 0) is 32.2 Å². The molecule has 1 saturated heterocycles. The number of hydrogen-bond donors (Lipinski definition) is 2. The Morgan fingerprint density at radius 2 is 2.33 bits per heavy atom. The summed E-state index contributed by atoms with van der Waals surface area (Å²) < 4.78 is 1.65. The first kappa shape index (κ1) is 16.6. The molecule has 130 valence electrons. The lowest BCUT2D eigenvalue weighted by atomic mass is 9.98. The monoisotopic (exact) mass is 332 g/mol. The molecule has 2 N–H and O–H groups in total. The number of aromatic carboxylic acids is 1. The van der Waals surface area contributed by atoms with Gasteiger partial charge in [-0.3, -0.25) is 9.58 Å². The molecule has 24 heavy (non-hydrogen) atoms. The van der Waals surface area contributed by atoms with Gasteiger partial charge in [-0.2, -0.15) is 0 Å². The first-order chi connectivity index (χ1) is 11.5. The third kappa shape index (κ3) is 3.81. The number of carbonyl (C=O) groups is 1. The van der Waals surface area contributed by atoms with Crippen molar-refractivity contribution in [2.24, 2.45) is 5.92 Å². The van der Waals surface area contributed by atoms with Crippen LogP contribution in [-0.4, -0.2) is 54.0 Å². The van der Waals surface area contributed by atoms with Crippen molar-refractivity contribution in [2.45, 2.75) is 46.2 Å². The van der Waals surface area contributed by atoms with E-state index in [1.807, 2.05) is 0 Å². The third-order valence-corrected chi connectivity index (χ3v) is 4.55. The highest BCUT2D eigenvalue weighted by Gasteiger charge is 2.22. The van der Waals surface area contributed by atoms with Gasteiger partial charge in [-0.15, -0.1) is 5.10 Å². The van der Waals surface area contributed by atoms with Crippen LogP contribution in [0.2, 0.25) is 0 Å². The first-order valence-electron chi connectivity index (χ1n) is 8.45. The Kier molecular flexibility index (Phi) is 4.94. The Morgan fingerprint density at radius 3 is 3.00 bits per heavy atom. The Hall–Kier alpha value is -2.22. The molecule has 1 aliphatic heterocycles. The predicted molar refractivity (Wildman–Crippen MR) is 87.7 cm³/mol. The molecular formula is C16H24N6O2. The van der Waals surface area contributed by atoms with E-state index in [1.54, 1.807) is 4.68 Å². The van der Waals surface area contributed by atoms with Crippen LogP contribution in [0.25, 0.3) is 0 Å². The number of H-pyrrole nitrogens is 1. The molecule has 2 aromatic rings. The lowest BCUT2D eigenvalue weighted by molar-refractivity contribution is 0.0690. The van der Waals surface area contributed by atoms with Crippen LogP contribution in [-0.2, 0) is 19.5 Å². The molecule has 3 heterocycles. The average molecular weight is 332 g/mol. The van der Waals surface area contributed by atoms with E-state index in [9.17, 15) is 4.79 Å². The van der Waals surface area contributed by atoms with Crippen molar-refractivity contribution in [3.05, 3.63) is 29.1 Å². The van der Waals surface area contributed by atoms with E-state index in [0.29, 0.717) is 12.5 Å². The number of nitrogens with zero attached hydrogens (tertiary/aromatic N) is 5. The minimum Gasteiger partial charge on any atom is -0.476 e. The number of carboxylic acids is 1. The number of rotatable bonds is 6. The molecule has 0 spiro atoms. The van der Waals surface area contributed by atoms with E-state index < -0.39 is 5.97 Å². The zero-order chi connectivity index (χ0) is 17.1. The van der Waals surface area contributed by atoms with Crippen molar-refractivity contribution in [2.75, 3.05) is 13.1 Å². The smallest absolute Gasteiger partial charge is 0.358 e. The quantitative estimate of drug-likeness (QED) is 0.831. The van der Waals surface area contributed by atoms with Gasteiger partial charge < -0.3 is 10.1 Å². The molecule has 0 amide bonds. The van der Waals surface area contributed by atoms with Gasteiger partial charge in [0, 0.05) is 31.7 Å². The molecular weight excluding hydrogens is 308 g/mol. The van der Waals surface area contributed by atoms with E-state index in [2.05, 4.69) is 39.0 Å². The van der Waals surface area contributed by atoms with Crippen LogP contribution in [0.4, 0.5) is 0 Å². The highest BCUT2D eigenvalue weighted by molar-refractivity contribution is 5.84. The standard InChI is InChI=1S/C16H24N6O2/c1-3-15-17-11(2)13(18-15)9-21-6-4-5-12(7-21)8-22-10-14(16(23)24)19-20-22/h10,12H,3-9H2,1-2H3,(H,17,18)(H,23,24). The van der Waals surface area contributed by atoms with E-state index in [-0.39, 0.29) is 5.69 Å². The van der Waals surface area contributed by atoms with Gasteiger partial charge in [0.05, 0.1) is 11.9 Å². The molecule has 0 saturated carbocycles. The number of hydrogen-bond acceptors (Lipinski definition) is 5. The maximum atomic E-state index is 10.9. The van der Waals surface area contributed by atoms with Crippen LogP contribution in [0, 0.1) is 12.8 Å². The molecule has 0 bridgehead atoms. The summed E-state index contributed by atoms with van der Waals surface area (Å²) in [6, 6.07) is 0. The number of likely N-dealkylation sites (tertiary alicyclic amines) is 1. The number of carboxylic acid groups (broad SMARTS) is 1. The van der Waals surface area contributed by atoms with Crippen molar-refractivity contribution < 1.29 is 9.90 Å². The molecule has 0 radical (unpaired) electrons. The Labute approximate surface area is 140 Å². The van der Waals surface area contributed by atoms with E-state index in [1.165, 1.54) is 6.20 Å². The zero-order valence-corrected chi connectivity index (χ0v) is 14.2. The average Bonchev–Trinajstić information content (AvgIpc) is 3.15. The van der Waals surface area contributed by atoms with Crippen molar-refractivity contribution in [1.82, 2.24) is 29.9 Å². The van der Waals surface area contributed by atoms with Crippen LogP contribution >= 0.6 is 0 Å². The topological polar surface area (TPSA) is 99.9 Å². The second-order valence-corrected chi connectivity index (χ2v) is 6.48. The zero-order valence-electron chi connectivity index (χ0n) is 14.2. The van der Waals surface area contributed by atoms with Gasteiger partial charge in [-0.25, -0.2) is 9.78 Å². The fraction of sp³-hybridized carbons (Fsp3) is 0.625. The lowest BCUT2D eigenvalue weighted by Gasteiger charge is -2.32. The number of imidazole rings is 1. The van der Waals surface area contributed by atoms with Crippen LogP contribution in [0.5, 0.6) is 0 Å². The Balaban J connectivity index is 1.59. The van der Waals surface area contributed by atoms with Crippen molar-refractivity contribution in [3.63, 3.8) is 0 Å². The van der Waals surface area contributed by atoms with Crippen LogP contribution in [0.3, 0.4) is 0 Å². The Bertz CT molecular complexity index is 707. The molecule has 1 fully saturated rings.